The summed E-state index contributed by atoms with van der Waals surface area (Å²) in [7, 11) is 0. The SMILES string of the molecule is NC(=O)C12CC3C[C@H](C1)C(NC(=O)ON1CCN(c4ccc(N5CCC(N6CCC[C@H]6CO)CC5)cn4)c4ccccc41)[C@@H](C3)C2. The van der Waals surface area contributed by atoms with E-state index < -0.39 is 6.09 Å². The van der Waals surface area contributed by atoms with Gasteiger partial charge in [-0.1, -0.05) is 12.1 Å². The maximum atomic E-state index is 13.3. The van der Waals surface area contributed by atoms with Gasteiger partial charge in [-0.3, -0.25) is 9.69 Å². The van der Waals surface area contributed by atoms with Gasteiger partial charge in [-0.05, 0) is 106 Å². The third-order valence-corrected chi connectivity index (χ3v) is 12.2. The van der Waals surface area contributed by atoms with Gasteiger partial charge in [0, 0.05) is 43.2 Å². The number of primary amides is 1. The van der Waals surface area contributed by atoms with E-state index in [0.29, 0.717) is 31.1 Å². The number of nitrogens with zero attached hydrogens (tertiary/aromatic N) is 5. The van der Waals surface area contributed by atoms with Gasteiger partial charge in [0.1, 0.15) is 5.82 Å². The number of para-hydroxylation sites is 2. The number of hydroxylamine groups is 1. The number of piperidine rings is 1. The van der Waals surface area contributed by atoms with Crippen LogP contribution in [0.15, 0.2) is 42.6 Å². The predicted molar refractivity (Wildman–Crippen MR) is 176 cm³/mol. The second-order valence-corrected chi connectivity index (χ2v) is 14.7. The normalized spacial score (nSPS) is 32.5. The van der Waals surface area contributed by atoms with Crippen molar-refractivity contribution in [2.75, 3.05) is 54.2 Å². The number of hydrogen-bond acceptors (Lipinski definition) is 9. The highest BCUT2D eigenvalue weighted by molar-refractivity contribution is 5.82. The van der Waals surface area contributed by atoms with Crippen molar-refractivity contribution < 1.29 is 19.5 Å². The van der Waals surface area contributed by atoms with Gasteiger partial charge in [0.2, 0.25) is 5.91 Å². The molecule has 0 radical (unpaired) electrons. The lowest BCUT2D eigenvalue weighted by atomic mass is 9.47. The summed E-state index contributed by atoms with van der Waals surface area (Å²) in [5.74, 6) is 1.80. The smallest absolute Gasteiger partial charge is 0.395 e. The van der Waals surface area contributed by atoms with E-state index in [9.17, 15) is 14.7 Å². The van der Waals surface area contributed by atoms with Crippen LogP contribution in [0.1, 0.15) is 57.8 Å². The maximum absolute atomic E-state index is 13.3. The standard InChI is InChI=1S/C35H47N7O4/c36-33(44)35-18-23-16-24(19-35)32(25(17-23)20-35)38-34(45)46-42-15-14-41(29-5-1-2-6-30(29)42)31-8-7-27(21-37-31)39-12-9-26(10-13-39)40-11-3-4-28(40)22-43/h1-2,5-8,21,23-26,28,32,43H,3-4,9-20,22H2,(H2,36,44)(H,38,45)/t23?,24-,25+,28-,32?,35?/m0/s1. The topological polar surface area (TPSA) is 127 Å². The Labute approximate surface area is 271 Å². The summed E-state index contributed by atoms with van der Waals surface area (Å²) in [6, 6.07) is 13.2. The van der Waals surface area contributed by atoms with Crippen LogP contribution < -0.4 is 25.9 Å². The van der Waals surface area contributed by atoms with Gasteiger partial charge in [0.15, 0.2) is 0 Å². The van der Waals surface area contributed by atoms with Crippen molar-refractivity contribution in [1.82, 2.24) is 15.2 Å². The molecular formula is C35H47N7O4. The Kier molecular flexibility index (Phi) is 7.71. The number of anilines is 4. The highest BCUT2D eigenvalue weighted by Gasteiger charge is 2.58. The number of hydrogen-bond donors (Lipinski definition) is 3. The molecule has 1 aromatic carbocycles. The zero-order chi connectivity index (χ0) is 31.4. The van der Waals surface area contributed by atoms with Crippen molar-refractivity contribution >= 4 is 34.9 Å². The molecule has 7 aliphatic rings. The molecule has 2 saturated heterocycles. The van der Waals surface area contributed by atoms with Crippen molar-refractivity contribution in [3.05, 3.63) is 42.6 Å². The second-order valence-electron chi connectivity index (χ2n) is 14.7. The molecule has 3 unspecified atom stereocenters. The van der Waals surface area contributed by atoms with Crippen LogP contribution in [-0.2, 0) is 9.63 Å². The van der Waals surface area contributed by atoms with Gasteiger partial charge in [0.25, 0.3) is 0 Å². The van der Waals surface area contributed by atoms with Crippen LogP contribution in [0.2, 0.25) is 0 Å². The minimum Gasteiger partial charge on any atom is -0.395 e. The second kappa shape index (κ2) is 11.9. The zero-order valence-corrected chi connectivity index (χ0v) is 26.6. The molecule has 6 atom stereocenters. The summed E-state index contributed by atoms with van der Waals surface area (Å²) in [5, 5.41) is 14.7. The minimum atomic E-state index is -0.434. The van der Waals surface area contributed by atoms with Crippen molar-refractivity contribution in [2.24, 2.45) is 28.9 Å². The number of benzene rings is 1. The Morgan fingerprint density at radius 2 is 1.72 bits per heavy atom. The Morgan fingerprint density at radius 3 is 2.41 bits per heavy atom. The summed E-state index contributed by atoms with van der Waals surface area (Å²) < 4.78 is 0. The third kappa shape index (κ3) is 5.25. The van der Waals surface area contributed by atoms with Gasteiger partial charge >= 0.3 is 6.09 Å². The van der Waals surface area contributed by atoms with Gasteiger partial charge < -0.3 is 30.8 Å². The van der Waals surface area contributed by atoms with Gasteiger partial charge in [-0.25, -0.2) is 14.8 Å². The lowest BCUT2D eigenvalue weighted by molar-refractivity contribution is -0.145. The number of nitrogens with one attached hydrogen (secondary N) is 1. The number of carbonyl (C=O) groups excluding carboxylic acids is 2. The van der Waals surface area contributed by atoms with E-state index in [1.54, 1.807) is 5.06 Å². The molecule has 3 aliphatic heterocycles. The number of likely N-dealkylation sites (tertiary alicyclic amines) is 1. The van der Waals surface area contributed by atoms with E-state index in [-0.39, 0.29) is 35.8 Å². The quantitative estimate of drug-likeness (QED) is 0.419. The van der Waals surface area contributed by atoms with Crippen LogP contribution in [0.3, 0.4) is 0 Å². The first-order valence-corrected chi connectivity index (χ1v) is 17.4. The van der Waals surface area contributed by atoms with Gasteiger partial charge in [-0.15, -0.1) is 0 Å². The molecular weight excluding hydrogens is 582 g/mol. The molecule has 4 N–H and O–H groups in total. The van der Waals surface area contributed by atoms with Crippen LogP contribution in [0.25, 0.3) is 0 Å². The highest BCUT2D eigenvalue weighted by atomic mass is 16.7. The number of pyridine rings is 1. The lowest BCUT2D eigenvalue weighted by Gasteiger charge is -2.58. The fourth-order valence-electron chi connectivity index (χ4n) is 10.2. The number of aliphatic hydroxyl groups excluding tert-OH is 1. The van der Waals surface area contributed by atoms with Gasteiger partial charge in [-0.2, -0.15) is 0 Å². The first-order valence-electron chi connectivity index (χ1n) is 17.4. The van der Waals surface area contributed by atoms with E-state index in [4.69, 9.17) is 15.6 Å². The van der Waals surface area contributed by atoms with E-state index in [1.807, 2.05) is 30.5 Å². The number of rotatable bonds is 7. The molecule has 4 aliphatic carbocycles. The van der Waals surface area contributed by atoms with Crippen molar-refractivity contribution in [3.63, 3.8) is 0 Å². The monoisotopic (exact) mass is 629 g/mol. The summed E-state index contributed by atoms with van der Waals surface area (Å²) in [6.45, 7) is 4.51. The molecule has 4 heterocycles. The molecule has 46 heavy (non-hydrogen) atoms. The van der Waals surface area contributed by atoms with Gasteiger partial charge in [0.05, 0.1) is 36.4 Å². The number of nitrogens with two attached hydrogens (primary N) is 1. The highest BCUT2D eigenvalue weighted by Crippen LogP contribution is 2.60. The average Bonchev–Trinajstić information content (AvgIpc) is 3.56. The van der Waals surface area contributed by atoms with Crippen molar-refractivity contribution in [2.45, 2.75) is 75.9 Å². The van der Waals surface area contributed by atoms with Crippen LogP contribution >= 0.6 is 0 Å². The number of aliphatic hydroxyl groups is 1. The first kappa shape index (κ1) is 29.8. The Balaban J connectivity index is 0.898. The zero-order valence-electron chi connectivity index (χ0n) is 26.6. The van der Waals surface area contributed by atoms with E-state index in [1.165, 1.54) is 6.42 Å². The summed E-state index contributed by atoms with van der Waals surface area (Å²) in [4.78, 5) is 43.6. The predicted octanol–water partition coefficient (Wildman–Crippen LogP) is 3.79. The molecule has 1 aromatic heterocycles. The largest absolute Gasteiger partial charge is 0.431 e. The van der Waals surface area contributed by atoms with Crippen LogP contribution in [0.5, 0.6) is 0 Å². The summed E-state index contributed by atoms with van der Waals surface area (Å²) in [5.41, 5.74) is 8.40. The van der Waals surface area contributed by atoms with Crippen LogP contribution in [0.4, 0.5) is 27.7 Å². The third-order valence-electron chi connectivity index (χ3n) is 12.2. The molecule has 2 amide bonds. The Morgan fingerprint density at radius 1 is 0.957 bits per heavy atom. The van der Waals surface area contributed by atoms with E-state index in [0.717, 1.165) is 93.9 Å². The summed E-state index contributed by atoms with van der Waals surface area (Å²) in [6.07, 6.45) is 10.6. The van der Waals surface area contributed by atoms with Crippen LogP contribution in [-0.4, -0.2) is 84.4 Å². The van der Waals surface area contributed by atoms with E-state index in [2.05, 4.69) is 32.1 Å². The average molecular weight is 630 g/mol. The van der Waals surface area contributed by atoms with E-state index >= 15 is 0 Å². The minimum absolute atomic E-state index is 0.0271. The Bertz CT molecular complexity index is 1430. The molecule has 0 spiro atoms. The molecule has 4 saturated carbocycles. The molecule has 11 nitrogen and oxygen atoms in total. The maximum Gasteiger partial charge on any atom is 0.431 e. The molecule has 246 valence electrons. The lowest BCUT2D eigenvalue weighted by Crippen LogP contribution is -2.62. The van der Waals surface area contributed by atoms with Crippen LogP contribution in [0, 0.1) is 23.2 Å². The molecule has 4 bridgehead atoms. The Hall–Kier alpha value is -3.57. The number of carbonyl (C=O) groups is 2. The fourth-order valence-corrected chi connectivity index (χ4v) is 10.2. The van der Waals surface area contributed by atoms with Crippen molar-refractivity contribution in [3.8, 4) is 0 Å². The number of aromatic nitrogens is 1. The number of fused-ring (bicyclic) bond motifs is 1. The number of amides is 2. The fraction of sp³-hybridized carbons (Fsp3) is 0.629. The first-order chi connectivity index (χ1) is 22.4. The molecule has 9 rings (SSSR count). The summed E-state index contributed by atoms with van der Waals surface area (Å²) >= 11 is 0. The molecule has 2 aromatic rings. The van der Waals surface area contributed by atoms with Crippen molar-refractivity contribution in [1.29, 1.82) is 0 Å². The molecule has 11 heteroatoms. The molecule has 6 fully saturated rings.